The molecule has 0 radical (unpaired) electrons. The van der Waals surface area contributed by atoms with E-state index in [0.717, 1.165) is 28.6 Å². The van der Waals surface area contributed by atoms with Crippen LogP contribution in [0.5, 0.6) is 0 Å². The van der Waals surface area contributed by atoms with Gasteiger partial charge in [-0.1, -0.05) is 0 Å². The Labute approximate surface area is 96.1 Å². The lowest BCUT2D eigenvalue weighted by Gasteiger charge is -2.00. The van der Waals surface area contributed by atoms with Crippen molar-refractivity contribution in [3.05, 3.63) is 35.8 Å². The zero-order valence-electron chi connectivity index (χ0n) is 8.71. The molecule has 0 atom stereocenters. The molecule has 0 unspecified atom stereocenters. The summed E-state index contributed by atoms with van der Waals surface area (Å²) in [5.74, 6) is -1.92. The van der Waals surface area contributed by atoms with E-state index in [1.54, 1.807) is 0 Å². The first-order valence-electron chi connectivity index (χ1n) is 4.55. The Morgan fingerprint density at radius 3 is 2.59 bits per heavy atom. The highest BCUT2D eigenvalue weighted by molar-refractivity contribution is 7.89. The number of aromatic nitrogens is 1. The first-order valence-corrected chi connectivity index (χ1v) is 6.40. The molecule has 1 N–H and O–H groups in total. The normalized spacial score (nSPS) is 11.9. The summed E-state index contributed by atoms with van der Waals surface area (Å²) in [5.41, 5.74) is -0.101. The fourth-order valence-corrected chi connectivity index (χ4v) is 2.43. The van der Waals surface area contributed by atoms with Gasteiger partial charge in [0.2, 0.25) is 10.0 Å². The summed E-state index contributed by atoms with van der Waals surface area (Å²) in [4.78, 5) is 10.9. The highest BCUT2D eigenvalue weighted by Gasteiger charge is 2.18. The van der Waals surface area contributed by atoms with E-state index in [1.807, 2.05) is 0 Å². The molecule has 17 heavy (non-hydrogen) atoms. The lowest BCUT2D eigenvalue weighted by atomic mass is 10.2. The van der Waals surface area contributed by atoms with E-state index in [1.165, 1.54) is 6.07 Å². The zero-order chi connectivity index (χ0) is 12.8. The van der Waals surface area contributed by atoms with Crippen LogP contribution in [0.25, 0.3) is 10.9 Å². The Kier molecular flexibility index (Phi) is 2.43. The smallest absolute Gasteiger partial charge is 0.337 e. The molecule has 2 aromatic rings. The average molecular weight is 257 g/mol. The monoisotopic (exact) mass is 257 g/mol. The highest BCUT2D eigenvalue weighted by Crippen LogP contribution is 2.23. The molecule has 1 heterocycles. The summed E-state index contributed by atoms with van der Waals surface area (Å²) in [6.07, 6.45) is 1.92. The minimum absolute atomic E-state index is 0.0583. The number of benzene rings is 1. The third-order valence-corrected chi connectivity index (χ3v) is 3.34. The molecule has 0 bridgehead atoms. The SMILES string of the molecule is CS(=O)(=O)n1cc(C(=O)O)c2cc(F)ccc21. The van der Waals surface area contributed by atoms with E-state index in [0.29, 0.717) is 0 Å². The molecular formula is C10H8FNO4S. The predicted molar refractivity (Wildman–Crippen MR) is 59.1 cm³/mol. The van der Waals surface area contributed by atoms with Crippen LogP contribution in [0.1, 0.15) is 10.4 Å². The predicted octanol–water partition coefficient (Wildman–Crippen LogP) is 1.29. The summed E-state index contributed by atoms with van der Waals surface area (Å²) in [6.45, 7) is 0. The number of carboxylic acid groups (broad SMARTS) is 1. The van der Waals surface area contributed by atoms with Gasteiger partial charge in [0.1, 0.15) is 5.82 Å². The Morgan fingerprint density at radius 1 is 1.41 bits per heavy atom. The molecule has 90 valence electrons. The zero-order valence-corrected chi connectivity index (χ0v) is 9.53. The summed E-state index contributed by atoms with van der Waals surface area (Å²) < 4.78 is 36.7. The lowest BCUT2D eigenvalue weighted by Crippen LogP contribution is -2.08. The van der Waals surface area contributed by atoms with Crippen molar-refractivity contribution >= 4 is 26.9 Å². The van der Waals surface area contributed by atoms with Crippen LogP contribution in [0.4, 0.5) is 4.39 Å². The lowest BCUT2D eigenvalue weighted by molar-refractivity contribution is 0.0699. The summed E-state index contributed by atoms with van der Waals surface area (Å²) >= 11 is 0. The van der Waals surface area contributed by atoms with E-state index in [-0.39, 0.29) is 16.5 Å². The van der Waals surface area contributed by atoms with Crippen molar-refractivity contribution in [1.29, 1.82) is 0 Å². The third-order valence-electron chi connectivity index (χ3n) is 2.32. The van der Waals surface area contributed by atoms with Gasteiger partial charge in [0.15, 0.2) is 0 Å². The Morgan fingerprint density at radius 2 is 2.06 bits per heavy atom. The summed E-state index contributed by atoms with van der Waals surface area (Å²) in [7, 11) is -3.62. The van der Waals surface area contributed by atoms with Gasteiger partial charge in [-0.3, -0.25) is 0 Å². The van der Waals surface area contributed by atoms with Gasteiger partial charge in [0, 0.05) is 11.6 Å². The molecule has 1 aromatic heterocycles. The minimum Gasteiger partial charge on any atom is -0.478 e. The van der Waals surface area contributed by atoms with Crippen molar-refractivity contribution in [2.24, 2.45) is 0 Å². The van der Waals surface area contributed by atoms with Gasteiger partial charge in [0.25, 0.3) is 0 Å². The molecule has 0 amide bonds. The molecular weight excluding hydrogens is 249 g/mol. The third kappa shape index (κ3) is 1.89. The molecule has 0 fully saturated rings. The molecule has 0 aliphatic carbocycles. The van der Waals surface area contributed by atoms with Crippen LogP contribution in [-0.2, 0) is 10.0 Å². The molecule has 0 saturated heterocycles. The Balaban J connectivity index is 2.95. The maximum Gasteiger partial charge on any atom is 0.337 e. The van der Waals surface area contributed by atoms with Crippen LogP contribution >= 0.6 is 0 Å². The highest BCUT2D eigenvalue weighted by atomic mass is 32.2. The van der Waals surface area contributed by atoms with Gasteiger partial charge in [-0.15, -0.1) is 0 Å². The Hall–Kier alpha value is -1.89. The maximum absolute atomic E-state index is 13.0. The minimum atomic E-state index is -3.62. The fraction of sp³-hybridized carbons (Fsp3) is 0.100. The van der Waals surface area contributed by atoms with E-state index < -0.39 is 21.8 Å². The second-order valence-corrected chi connectivity index (χ2v) is 5.43. The molecule has 0 aliphatic rings. The number of fused-ring (bicyclic) bond motifs is 1. The van der Waals surface area contributed by atoms with Crippen LogP contribution in [0, 0.1) is 5.82 Å². The van der Waals surface area contributed by atoms with Crippen molar-refractivity contribution in [1.82, 2.24) is 3.97 Å². The average Bonchev–Trinajstić information content (AvgIpc) is 2.55. The van der Waals surface area contributed by atoms with Gasteiger partial charge in [-0.2, -0.15) is 0 Å². The second kappa shape index (κ2) is 3.56. The van der Waals surface area contributed by atoms with Crippen molar-refractivity contribution in [2.75, 3.05) is 6.26 Å². The van der Waals surface area contributed by atoms with Crippen molar-refractivity contribution in [3.63, 3.8) is 0 Å². The first-order chi connectivity index (χ1) is 7.80. The van der Waals surface area contributed by atoms with E-state index in [2.05, 4.69) is 0 Å². The topological polar surface area (TPSA) is 76.4 Å². The molecule has 0 saturated carbocycles. The van der Waals surface area contributed by atoms with Crippen molar-refractivity contribution in [2.45, 2.75) is 0 Å². The van der Waals surface area contributed by atoms with Gasteiger partial charge < -0.3 is 5.11 Å². The quantitative estimate of drug-likeness (QED) is 0.879. The summed E-state index contributed by atoms with van der Waals surface area (Å²) in [6, 6.07) is 3.31. The molecule has 0 aliphatic heterocycles. The van der Waals surface area contributed by atoms with Crippen molar-refractivity contribution < 1.29 is 22.7 Å². The molecule has 1 aromatic carbocycles. The molecule has 5 nitrogen and oxygen atoms in total. The number of halogens is 1. The number of hydrogen-bond acceptors (Lipinski definition) is 3. The number of nitrogens with zero attached hydrogens (tertiary/aromatic N) is 1. The van der Waals surface area contributed by atoms with E-state index in [4.69, 9.17) is 5.11 Å². The number of aromatic carboxylic acids is 1. The van der Waals surface area contributed by atoms with Gasteiger partial charge in [-0.25, -0.2) is 21.6 Å². The van der Waals surface area contributed by atoms with Crippen LogP contribution in [-0.4, -0.2) is 29.7 Å². The molecule has 2 rings (SSSR count). The van der Waals surface area contributed by atoms with Gasteiger partial charge >= 0.3 is 5.97 Å². The summed E-state index contributed by atoms with van der Waals surface area (Å²) in [5, 5.41) is 8.98. The molecule has 7 heteroatoms. The maximum atomic E-state index is 13.0. The van der Waals surface area contributed by atoms with E-state index in [9.17, 15) is 17.6 Å². The molecule has 0 spiro atoms. The standard InChI is InChI=1S/C10H8FNO4S/c1-17(15,16)12-5-8(10(13)14)7-4-6(11)2-3-9(7)12/h2-5H,1H3,(H,13,14). The van der Waals surface area contributed by atoms with E-state index >= 15 is 0 Å². The van der Waals surface area contributed by atoms with Gasteiger partial charge in [0.05, 0.1) is 17.3 Å². The van der Waals surface area contributed by atoms with Crippen LogP contribution in [0.2, 0.25) is 0 Å². The number of carbonyl (C=O) groups is 1. The fourth-order valence-electron chi connectivity index (χ4n) is 1.62. The van der Waals surface area contributed by atoms with Crippen molar-refractivity contribution in [3.8, 4) is 0 Å². The van der Waals surface area contributed by atoms with Crippen LogP contribution in [0.3, 0.4) is 0 Å². The number of carboxylic acids is 1. The second-order valence-electron chi connectivity index (χ2n) is 3.57. The number of hydrogen-bond donors (Lipinski definition) is 1. The number of rotatable bonds is 2. The first kappa shape index (κ1) is 11.6. The Bertz CT molecular complexity index is 717. The largest absolute Gasteiger partial charge is 0.478 e. The van der Waals surface area contributed by atoms with Gasteiger partial charge in [-0.05, 0) is 18.2 Å². The van der Waals surface area contributed by atoms with Crippen LogP contribution in [0.15, 0.2) is 24.4 Å². The van der Waals surface area contributed by atoms with Crippen LogP contribution < -0.4 is 0 Å².